The van der Waals surface area contributed by atoms with Gasteiger partial charge in [-0.15, -0.1) is 0 Å². The summed E-state index contributed by atoms with van der Waals surface area (Å²) in [5, 5.41) is 5.89. The maximum atomic E-state index is 13.1. The van der Waals surface area contributed by atoms with Crippen LogP contribution in [0, 0.1) is 6.92 Å². The number of benzene rings is 2. The molecule has 10 heteroatoms. The molecule has 0 bridgehead atoms. The first-order valence-electron chi connectivity index (χ1n) is 8.83. The van der Waals surface area contributed by atoms with Gasteiger partial charge in [-0.1, -0.05) is 70.7 Å². The van der Waals surface area contributed by atoms with Crippen molar-refractivity contribution in [1.82, 2.24) is 14.7 Å². The Labute approximate surface area is 193 Å². The zero-order valence-corrected chi connectivity index (χ0v) is 19.0. The summed E-state index contributed by atoms with van der Waals surface area (Å²) in [6.07, 6.45) is -1.19. The third kappa shape index (κ3) is 4.78. The van der Waals surface area contributed by atoms with Crippen LogP contribution in [0.2, 0.25) is 5.02 Å². The van der Waals surface area contributed by atoms with Crippen molar-refractivity contribution in [2.45, 2.75) is 16.9 Å². The predicted molar refractivity (Wildman–Crippen MR) is 122 cm³/mol. The molecule has 1 heterocycles. The van der Waals surface area contributed by atoms with Crippen LogP contribution < -0.4 is 16.2 Å². The lowest BCUT2D eigenvalue weighted by atomic mass is 10.2. The second kappa shape index (κ2) is 8.94. The van der Waals surface area contributed by atoms with Gasteiger partial charge in [0.05, 0.1) is 11.4 Å². The van der Waals surface area contributed by atoms with Crippen molar-refractivity contribution in [3.63, 3.8) is 0 Å². The zero-order valence-electron chi connectivity index (χ0n) is 16.0. The summed E-state index contributed by atoms with van der Waals surface area (Å²) < 4.78 is 1.21. The van der Waals surface area contributed by atoms with Gasteiger partial charge in [-0.3, -0.25) is 14.3 Å². The van der Waals surface area contributed by atoms with Crippen LogP contribution >= 0.6 is 46.4 Å². The second-order valence-electron chi connectivity index (χ2n) is 6.54. The summed E-state index contributed by atoms with van der Waals surface area (Å²) >= 11 is 24.2. The lowest BCUT2D eigenvalue weighted by Gasteiger charge is -2.27. The molecular formula is C20H18Cl4N4O2. The predicted octanol–water partition coefficient (Wildman–Crippen LogP) is 4.68. The number of hydrogen-bond acceptors (Lipinski definition) is 3. The SMILES string of the molecule is Cc1c(NC(NC(=O)c2cccc(Cl)c2)C(Cl)(Cl)Cl)c(=O)n(-c2ccccc2)n1C. The van der Waals surface area contributed by atoms with Gasteiger partial charge in [0.15, 0.2) is 0 Å². The molecule has 30 heavy (non-hydrogen) atoms. The molecule has 1 unspecified atom stereocenters. The molecule has 0 radical (unpaired) electrons. The molecule has 2 aromatic carbocycles. The summed E-state index contributed by atoms with van der Waals surface area (Å²) in [4.78, 5) is 25.7. The van der Waals surface area contributed by atoms with E-state index >= 15 is 0 Å². The third-order valence-corrected chi connectivity index (χ3v) is 5.42. The van der Waals surface area contributed by atoms with E-state index in [1.807, 2.05) is 18.2 Å². The van der Waals surface area contributed by atoms with Crippen molar-refractivity contribution in [1.29, 1.82) is 0 Å². The first-order chi connectivity index (χ1) is 14.1. The quantitative estimate of drug-likeness (QED) is 0.405. The molecule has 0 saturated carbocycles. The van der Waals surface area contributed by atoms with Gasteiger partial charge < -0.3 is 10.6 Å². The van der Waals surface area contributed by atoms with Crippen molar-refractivity contribution >= 4 is 58.0 Å². The van der Waals surface area contributed by atoms with Gasteiger partial charge in [0.1, 0.15) is 11.9 Å². The number of nitrogens with one attached hydrogen (secondary N) is 2. The number of amides is 1. The van der Waals surface area contributed by atoms with Crippen LogP contribution in [0.15, 0.2) is 59.4 Å². The number of para-hydroxylation sites is 1. The highest BCUT2D eigenvalue weighted by Gasteiger charge is 2.36. The Morgan fingerprint density at radius 3 is 2.33 bits per heavy atom. The highest BCUT2D eigenvalue weighted by atomic mass is 35.6. The molecule has 3 rings (SSSR count). The minimum absolute atomic E-state index is 0.198. The van der Waals surface area contributed by atoms with Crippen LogP contribution in [0.25, 0.3) is 5.69 Å². The number of anilines is 1. The lowest BCUT2D eigenvalue weighted by Crippen LogP contribution is -2.49. The summed E-state index contributed by atoms with van der Waals surface area (Å²) in [6.45, 7) is 1.75. The number of nitrogens with zero attached hydrogens (tertiary/aromatic N) is 2. The number of rotatable bonds is 5. The summed E-state index contributed by atoms with van der Waals surface area (Å²) in [7, 11) is 1.74. The number of carbonyl (C=O) groups is 1. The van der Waals surface area contributed by atoms with E-state index in [1.54, 1.807) is 49.0 Å². The smallest absolute Gasteiger partial charge is 0.295 e. The Hall–Kier alpha value is -2.12. The Balaban J connectivity index is 1.95. The van der Waals surface area contributed by atoms with E-state index in [1.165, 1.54) is 10.7 Å². The van der Waals surface area contributed by atoms with Gasteiger partial charge >= 0.3 is 0 Å². The minimum Gasteiger partial charge on any atom is -0.356 e. The average molecular weight is 488 g/mol. The number of alkyl halides is 3. The van der Waals surface area contributed by atoms with Gasteiger partial charge in [-0.25, -0.2) is 4.68 Å². The molecule has 0 saturated heterocycles. The van der Waals surface area contributed by atoms with Gasteiger partial charge in [-0.2, -0.15) is 0 Å². The van der Waals surface area contributed by atoms with E-state index in [0.29, 0.717) is 16.4 Å². The molecule has 0 spiro atoms. The van der Waals surface area contributed by atoms with E-state index in [4.69, 9.17) is 46.4 Å². The summed E-state index contributed by atoms with van der Waals surface area (Å²) in [5.74, 6) is -0.515. The van der Waals surface area contributed by atoms with E-state index < -0.39 is 15.9 Å². The topological polar surface area (TPSA) is 68.1 Å². The highest BCUT2D eigenvalue weighted by Crippen LogP contribution is 2.31. The first kappa shape index (κ1) is 22.6. The standard InChI is InChI=1S/C20H18Cl4N4O2/c1-12-16(18(30)28(27(12)2)15-9-4-3-5-10-15)25-19(20(22,23)24)26-17(29)13-7-6-8-14(21)11-13/h3-11,19,25H,1-2H3,(H,26,29). The number of aromatic nitrogens is 2. The molecular weight excluding hydrogens is 470 g/mol. The molecule has 158 valence electrons. The Morgan fingerprint density at radius 2 is 1.73 bits per heavy atom. The number of hydrogen-bond donors (Lipinski definition) is 2. The van der Waals surface area contributed by atoms with Crippen LogP contribution in [0.3, 0.4) is 0 Å². The fourth-order valence-corrected chi connectivity index (χ4v) is 3.44. The molecule has 0 aliphatic carbocycles. The molecule has 0 fully saturated rings. The fourth-order valence-electron chi connectivity index (χ4n) is 2.92. The molecule has 1 atom stereocenters. The van der Waals surface area contributed by atoms with Crippen molar-refractivity contribution in [2.75, 3.05) is 5.32 Å². The molecule has 0 aliphatic heterocycles. The molecule has 6 nitrogen and oxygen atoms in total. The number of halogens is 4. The van der Waals surface area contributed by atoms with Gasteiger partial charge in [0.25, 0.3) is 11.5 Å². The zero-order chi connectivity index (χ0) is 22.1. The van der Waals surface area contributed by atoms with Crippen molar-refractivity contribution in [3.05, 3.63) is 81.2 Å². The Kier molecular flexibility index (Phi) is 6.72. The first-order valence-corrected chi connectivity index (χ1v) is 10.3. The second-order valence-corrected chi connectivity index (χ2v) is 9.34. The van der Waals surface area contributed by atoms with Crippen LogP contribution in [0.1, 0.15) is 16.1 Å². The van der Waals surface area contributed by atoms with Crippen molar-refractivity contribution in [2.24, 2.45) is 7.05 Å². The van der Waals surface area contributed by atoms with Crippen molar-refractivity contribution < 1.29 is 4.79 Å². The van der Waals surface area contributed by atoms with Crippen LogP contribution in [0.4, 0.5) is 5.69 Å². The van der Waals surface area contributed by atoms with E-state index in [-0.39, 0.29) is 16.8 Å². The summed E-state index contributed by atoms with van der Waals surface area (Å²) in [6, 6.07) is 15.5. The molecule has 3 aromatic rings. The van der Waals surface area contributed by atoms with Crippen LogP contribution in [-0.4, -0.2) is 25.2 Å². The monoisotopic (exact) mass is 486 g/mol. The number of carbonyl (C=O) groups excluding carboxylic acids is 1. The minimum atomic E-state index is -1.94. The van der Waals surface area contributed by atoms with Gasteiger partial charge in [-0.05, 0) is 37.3 Å². The van der Waals surface area contributed by atoms with Crippen molar-refractivity contribution in [3.8, 4) is 5.69 Å². The van der Waals surface area contributed by atoms with Gasteiger partial charge in [0.2, 0.25) is 3.79 Å². The van der Waals surface area contributed by atoms with E-state index in [9.17, 15) is 9.59 Å². The van der Waals surface area contributed by atoms with E-state index in [0.717, 1.165) is 0 Å². The van der Waals surface area contributed by atoms with Crippen LogP contribution in [-0.2, 0) is 7.05 Å². The largest absolute Gasteiger partial charge is 0.356 e. The summed E-state index contributed by atoms with van der Waals surface area (Å²) in [5.41, 5.74) is 1.41. The third-order valence-electron chi connectivity index (χ3n) is 4.53. The lowest BCUT2D eigenvalue weighted by molar-refractivity contribution is 0.0942. The Bertz CT molecular complexity index is 1120. The maximum absolute atomic E-state index is 13.1. The normalized spacial score (nSPS) is 12.5. The fraction of sp³-hybridized carbons (Fsp3) is 0.200. The molecule has 2 N–H and O–H groups in total. The van der Waals surface area contributed by atoms with Gasteiger partial charge in [0, 0.05) is 17.6 Å². The van der Waals surface area contributed by atoms with Crippen LogP contribution in [0.5, 0.6) is 0 Å². The molecule has 1 amide bonds. The molecule has 0 aliphatic rings. The van der Waals surface area contributed by atoms with E-state index in [2.05, 4.69) is 10.6 Å². The molecule has 1 aromatic heterocycles. The average Bonchev–Trinajstić information content (AvgIpc) is 2.90. The maximum Gasteiger partial charge on any atom is 0.295 e. The Morgan fingerprint density at radius 1 is 1.07 bits per heavy atom. The highest BCUT2D eigenvalue weighted by molar-refractivity contribution is 6.68.